The molecular formula is C17H15-. The van der Waals surface area contributed by atoms with Gasteiger partial charge in [-0.15, -0.1) is 17.6 Å². The van der Waals surface area contributed by atoms with Crippen LogP contribution in [0.15, 0.2) is 73.8 Å². The Bertz CT molecular complexity index is 457. The Hall–Kier alpha value is -2.21. The van der Waals surface area contributed by atoms with E-state index in [1.165, 1.54) is 0 Å². The summed E-state index contributed by atoms with van der Waals surface area (Å²) in [6.45, 7) is 8.15. The molecule has 0 fully saturated rings. The van der Waals surface area contributed by atoms with Gasteiger partial charge in [0.25, 0.3) is 0 Å². The zero-order chi connectivity index (χ0) is 12.1. The van der Waals surface area contributed by atoms with Gasteiger partial charge in [-0.2, -0.15) is 13.2 Å². The quantitative estimate of drug-likeness (QED) is 0.658. The van der Waals surface area contributed by atoms with E-state index in [-0.39, 0.29) is 0 Å². The maximum atomic E-state index is 4.07. The van der Waals surface area contributed by atoms with Crippen molar-refractivity contribution in [2.45, 2.75) is 0 Å². The van der Waals surface area contributed by atoms with Gasteiger partial charge in [0.1, 0.15) is 0 Å². The van der Waals surface area contributed by atoms with Crippen molar-refractivity contribution in [3.63, 3.8) is 0 Å². The van der Waals surface area contributed by atoms with E-state index >= 15 is 0 Å². The predicted octanol–water partition coefficient (Wildman–Crippen LogP) is 4.62. The third kappa shape index (κ3) is 2.88. The molecule has 0 aromatic heterocycles. The molecule has 0 saturated carbocycles. The van der Waals surface area contributed by atoms with Crippen LogP contribution in [0.5, 0.6) is 0 Å². The molecule has 2 rings (SSSR count). The maximum Gasteiger partial charge on any atom is -0.0635 e. The van der Waals surface area contributed by atoms with Gasteiger partial charge in [0.05, 0.1) is 0 Å². The number of hydrogen-bond donors (Lipinski definition) is 0. The van der Waals surface area contributed by atoms with Crippen molar-refractivity contribution < 1.29 is 0 Å². The highest BCUT2D eigenvalue weighted by atomic mass is 14.1. The first-order valence-corrected chi connectivity index (χ1v) is 5.61. The third-order valence-electron chi connectivity index (χ3n) is 2.64. The first-order chi connectivity index (χ1) is 8.27. The molecule has 0 bridgehead atoms. The average Bonchev–Trinajstić information content (AvgIpc) is 2.40. The van der Waals surface area contributed by atoms with Gasteiger partial charge < -0.3 is 0 Å². The van der Waals surface area contributed by atoms with E-state index in [0.717, 1.165) is 22.3 Å². The summed E-state index contributed by atoms with van der Waals surface area (Å²) in [4.78, 5) is 0. The average molecular weight is 219 g/mol. The van der Waals surface area contributed by atoms with Crippen molar-refractivity contribution in [2.24, 2.45) is 0 Å². The van der Waals surface area contributed by atoms with E-state index < -0.39 is 0 Å². The normalized spacial score (nSPS) is 9.65. The van der Waals surface area contributed by atoms with Gasteiger partial charge in [-0.05, 0) is 0 Å². The van der Waals surface area contributed by atoms with Gasteiger partial charge in [-0.25, -0.2) is 0 Å². The maximum absolute atomic E-state index is 4.07. The molecule has 84 valence electrons. The fraction of sp³-hybridized carbons (Fsp3) is 0. The highest BCUT2D eigenvalue weighted by Crippen LogP contribution is 2.24. The van der Waals surface area contributed by atoms with Crippen LogP contribution in [0.25, 0.3) is 11.1 Å². The largest absolute Gasteiger partial charge is 0.155 e. The minimum absolute atomic E-state index is 0.986. The molecule has 17 heavy (non-hydrogen) atoms. The van der Waals surface area contributed by atoms with Crippen LogP contribution in [0.2, 0.25) is 0 Å². The Morgan fingerprint density at radius 1 is 0.647 bits per heavy atom. The number of rotatable bonds is 4. The minimum Gasteiger partial charge on any atom is -0.155 e. The predicted molar refractivity (Wildman–Crippen MR) is 75.3 cm³/mol. The van der Waals surface area contributed by atoms with Gasteiger partial charge >= 0.3 is 0 Å². The molecule has 0 aliphatic rings. The van der Waals surface area contributed by atoms with E-state index in [1.807, 2.05) is 42.8 Å². The molecule has 0 unspecified atom stereocenters. The Balaban J connectivity index is 2.08. The number of benzene rings is 2. The Morgan fingerprint density at radius 2 is 1.00 bits per heavy atom. The molecule has 0 heteroatoms. The van der Waals surface area contributed by atoms with Gasteiger partial charge in [0, 0.05) is 0 Å². The molecule has 0 heterocycles. The van der Waals surface area contributed by atoms with Crippen LogP contribution in [0.1, 0.15) is 11.1 Å². The van der Waals surface area contributed by atoms with Gasteiger partial charge in [-0.1, -0.05) is 71.8 Å². The molecule has 0 aliphatic carbocycles. The second-order valence-electron chi connectivity index (χ2n) is 3.93. The molecule has 2 aromatic rings. The molecule has 0 amide bonds. The summed E-state index contributed by atoms with van der Waals surface area (Å²) in [6.07, 6.45) is 2.02. The third-order valence-corrected chi connectivity index (χ3v) is 2.64. The summed E-state index contributed by atoms with van der Waals surface area (Å²) in [5.41, 5.74) is 4.23. The van der Waals surface area contributed by atoms with Crippen molar-refractivity contribution in [1.82, 2.24) is 0 Å². The lowest BCUT2D eigenvalue weighted by Gasteiger charge is -2.16. The van der Waals surface area contributed by atoms with E-state index in [9.17, 15) is 0 Å². The molecular weight excluding hydrogens is 204 g/mol. The van der Waals surface area contributed by atoms with Crippen molar-refractivity contribution in [2.75, 3.05) is 0 Å². The van der Waals surface area contributed by atoms with Gasteiger partial charge in [0.15, 0.2) is 0 Å². The molecule has 0 aliphatic heterocycles. The Kier molecular flexibility index (Phi) is 3.46. The molecule has 0 atom stereocenters. The van der Waals surface area contributed by atoms with Crippen molar-refractivity contribution in [1.29, 1.82) is 0 Å². The SMILES string of the molecule is C=C([CH-]C(=C)c1ccccc1)c1ccccc1. The summed E-state index contributed by atoms with van der Waals surface area (Å²) in [7, 11) is 0. The molecule has 2 aromatic carbocycles. The lowest BCUT2D eigenvalue weighted by molar-refractivity contribution is 1.57. The summed E-state index contributed by atoms with van der Waals surface area (Å²) in [6, 6.07) is 20.3. The van der Waals surface area contributed by atoms with Crippen LogP contribution in [-0.2, 0) is 0 Å². The zero-order valence-electron chi connectivity index (χ0n) is 9.77. The summed E-state index contributed by atoms with van der Waals surface area (Å²) < 4.78 is 0. The van der Waals surface area contributed by atoms with Crippen LogP contribution in [0, 0.1) is 6.42 Å². The van der Waals surface area contributed by atoms with E-state index in [4.69, 9.17) is 0 Å². The Morgan fingerprint density at radius 3 is 1.35 bits per heavy atom. The minimum atomic E-state index is 0.986. The molecule has 0 N–H and O–H groups in total. The smallest absolute Gasteiger partial charge is 0.0635 e. The van der Waals surface area contributed by atoms with Crippen LogP contribution >= 0.6 is 0 Å². The fourth-order valence-corrected chi connectivity index (χ4v) is 1.68. The standard InChI is InChI=1S/C17H15/c1-14(16-9-5-3-6-10-16)13-15(2)17-11-7-4-8-12-17/h3-13H,1-2H2/q-1. The van der Waals surface area contributed by atoms with Crippen LogP contribution in [0.4, 0.5) is 0 Å². The summed E-state index contributed by atoms with van der Waals surface area (Å²) in [5.74, 6) is 0. The lowest BCUT2D eigenvalue weighted by atomic mass is 9.96. The molecule has 0 spiro atoms. The Labute approximate surface area is 103 Å². The van der Waals surface area contributed by atoms with E-state index in [1.54, 1.807) is 0 Å². The van der Waals surface area contributed by atoms with Crippen LogP contribution in [0.3, 0.4) is 0 Å². The van der Waals surface area contributed by atoms with E-state index in [2.05, 4.69) is 37.4 Å². The first-order valence-electron chi connectivity index (χ1n) is 5.61. The number of hydrogen-bond acceptors (Lipinski definition) is 0. The van der Waals surface area contributed by atoms with Crippen molar-refractivity contribution in [3.8, 4) is 0 Å². The first kappa shape index (κ1) is 11.3. The summed E-state index contributed by atoms with van der Waals surface area (Å²) >= 11 is 0. The second kappa shape index (κ2) is 5.22. The lowest BCUT2D eigenvalue weighted by Crippen LogP contribution is -1.87. The van der Waals surface area contributed by atoms with Crippen molar-refractivity contribution >= 4 is 11.1 Å². The highest BCUT2D eigenvalue weighted by molar-refractivity contribution is 5.87. The number of allylic oxidation sites excluding steroid dienone is 2. The van der Waals surface area contributed by atoms with Gasteiger partial charge in [-0.3, -0.25) is 0 Å². The highest BCUT2D eigenvalue weighted by Gasteiger charge is 1.95. The molecule has 0 nitrogen and oxygen atoms in total. The summed E-state index contributed by atoms with van der Waals surface area (Å²) in [5, 5.41) is 0. The topological polar surface area (TPSA) is 0 Å². The van der Waals surface area contributed by atoms with Crippen molar-refractivity contribution in [3.05, 3.63) is 91.4 Å². The second-order valence-corrected chi connectivity index (χ2v) is 3.93. The molecule has 0 radical (unpaired) electrons. The van der Waals surface area contributed by atoms with E-state index in [0.29, 0.717) is 0 Å². The fourth-order valence-electron chi connectivity index (χ4n) is 1.68. The monoisotopic (exact) mass is 219 g/mol. The van der Waals surface area contributed by atoms with Crippen LogP contribution < -0.4 is 0 Å². The van der Waals surface area contributed by atoms with Gasteiger partial charge in [0.2, 0.25) is 0 Å². The zero-order valence-corrected chi connectivity index (χ0v) is 9.77. The molecule has 0 saturated heterocycles. The van der Waals surface area contributed by atoms with Crippen LogP contribution in [-0.4, -0.2) is 0 Å².